The van der Waals surface area contributed by atoms with E-state index >= 15 is 0 Å². The van der Waals surface area contributed by atoms with Crippen LogP contribution in [0.4, 0.5) is 0 Å². The van der Waals surface area contributed by atoms with Crippen LogP contribution in [0.3, 0.4) is 0 Å². The lowest BCUT2D eigenvalue weighted by Gasteiger charge is -2.10. The molecule has 1 aromatic carbocycles. The average molecular weight is 286 g/mol. The van der Waals surface area contributed by atoms with Crippen LogP contribution in [0.25, 0.3) is 0 Å². The number of aromatic nitrogens is 3. The average Bonchev–Trinajstić information content (AvgIpc) is 3.19. The number of benzene rings is 1. The molecule has 0 radical (unpaired) electrons. The summed E-state index contributed by atoms with van der Waals surface area (Å²) in [6.07, 6.45) is 4.20. The Bertz CT molecular complexity index is 574. The number of amides is 1. The monoisotopic (exact) mass is 286 g/mol. The van der Waals surface area contributed by atoms with Gasteiger partial charge in [0, 0.05) is 24.6 Å². The van der Waals surface area contributed by atoms with Crippen molar-refractivity contribution < 1.29 is 9.53 Å². The van der Waals surface area contributed by atoms with Gasteiger partial charge in [-0.15, -0.1) is 0 Å². The summed E-state index contributed by atoms with van der Waals surface area (Å²) >= 11 is 0. The van der Waals surface area contributed by atoms with Gasteiger partial charge in [-0.25, -0.2) is 9.67 Å². The molecular weight excluding hydrogens is 268 g/mol. The minimum atomic E-state index is -0.0331. The van der Waals surface area contributed by atoms with Crippen molar-refractivity contribution in [3.63, 3.8) is 0 Å². The van der Waals surface area contributed by atoms with E-state index in [0.717, 1.165) is 25.2 Å². The van der Waals surface area contributed by atoms with Gasteiger partial charge in [-0.05, 0) is 24.1 Å². The molecule has 0 spiro atoms. The normalized spacial score (nSPS) is 17.8. The second-order valence-electron chi connectivity index (χ2n) is 5.23. The maximum atomic E-state index is 12.1. The van der Waals surface area contributed by atoms with Crippen LogP contribution >= 0.6 is 0 Å². The fraction of sp³-hybridized carbons (Fsp3) is 0.400. The fourth-order valence-corrected chi connectivity index (χ4v) is 2.35. The highest BCUT2D eigenvalue weighted by Crippen LogP contribution is 2.11. The standard InChI is InChI=1S/C15H18N4O2/c20-15(17-7-13-5-6-21-9-13)14-3-1-12(2-4-14)8-19-11-16-10-18-19/h1-4,10-11,13H,5-9H2,(H,17,20). The van der Waals surface area contributed by atoms with Gasteiger partial charge in [0.1, 0.15) is 12.7 Å². The van der Waals surface area contributed by atoms with Crippen LogP contribution in [0, 0.1) is 5.92 Å². The maximum Gasteiger partial charge on any atom is 0.251 e. The predicted octanol–water partition coefficient (Wildman–Crippen LogP) is 1.09. The molecule has 1 amide bonds. The third-order valence-corrected chi connectivity index (χ3v) is 3.60. The van der Waals surface area contributed by atoms with Gasteiger partial charge in [0.25, 0.3) is 5.91 Å². The second-order valence-corrected chi connectivity index (χ2v) is 5.23. The third-order valence-electron chi connectivity index (χ3n) is 3.60. The zero-order chi connectivity index (χ0) is 14.5. The van der Waals surface area contributed by atoms with E-state index in [0.29, 0.717) is 24.6 Å². The van der Waals surface area contributed by atoms with Gasteiger partial charge in [-0.2, -0.15) is 5.10 Å². The van der Waals surface area contributed by atoms with Crippen LogP contribution in [-0.4, -0.2) is 40.4 Å². The quantitative estimate of drug-likeness (QED) is 0.893. The molecule has 3 rings (SSSR count). The van der Waals surface area contributed by atoms with E-state index in [9.17, 15) is 4.79 Å². The Kier molecular flexibility index (Phi) is 4.25. The lowest BCUT2D eigenvalue weighted by Crippen LogP contribution is -2.29. The minimum absolute atomic E-state index is 0.0331. The summed E-state index contributed by atoms with van der Waals surface area (Å²) < 4.78 is 7.04. The van der Waals surface area contributed by atoms with Gasteiger partial charge < -0.3 is 10.1 Å². The summed E-state index contributed by atoms with van der Waals surface area (Å²) in [5.74, 6) is 0.412. The van der Waals surface area contributed by atoms with Crippen molar-refractivity contribution >= 4 is 5.91 Å². The summed E-state index contributed by atoms with van der Waals surface area (Å²) in [6.45, 7) is 2.88. The Morgan fingerprint density at radius 1 is 1.38 bits per heavy atom. The van der Waals surface area contributed by atoms with Crippen molar-refractivity contribution in [2.75, 3.05) is 19.8 Å². The van der Waals surface area contributed by atoms with Gasteiger partial charge >= 0.3 is 0 Å². The van der Waals surface area contributed by atoms with Crippen molar-refractivity contribution in [1.82, 2.24) is 20.1 Å². The summed E-state index contributed by atoms with van der Waals surface area (Å²) in [5, 5.41) is 7.02. The van der Waals surface area contributed by atoms with E-state index in [1.807, 2.05) is 24.3 Å². The van der Waals surface area contributed by atoms with E-state index in [1.165, 1.54) is 6.33 Å². The van der Waals surface area contributed by atoms with Gasteiger partial charge in [0.2, 0.25) is 0 Å². The van der Waals surface area contributed by atoms with Crippen molar-refractivity contribution in [1.29, 1.82) is 0 Å². The number of carbonyl (C=O) groups is 1. The molecule has 0 saturated carbocycles. The highest BCUT2D eigenvalue weighted by molar-refractivity contribution is 5.94. The number of hydrogen-bond acceptors (Lipinski definition) is 4. The molecule has 1 N–H and O–H groups in total. The topological polar surface area (TPSA) is 69.0 Å². The second kappa shape index (κ2) is 6.49. The molecule has 0 bridgehead atoms. The molecule has 1 unspecified atom stereocenters. The van der Waals surface area contributed by atoms with Crippen LogP contribution in [0.1, 0.15) is 22.3 Å². The number of ether oxygens (including phenoxy) is 1. The molecule has 1 aromatic heterocycles. The maximum absolute atomic E-state index is 12.1. The number of rotatable bonds is 5. The molecule has 1 saturated heterocycles. The largest absolute Gasteiger partial charge is 0.381 e. The van der Waals surface area contributed by atoms with E-state index in [1.54, 1.807) is 11.0 Å². The van der Waals surface area contributed by atoms with Crippen LogP contribution in [0.2, 0.25) is 0 Å². The molecular formula is C15H18N4O2. The molecule has 0 aliphatic carbocycles. The zero-order valence-corrected chi connectivity index (χ0v) is 11.7. The first-order chi connectivity index (χ1) is 10.3. The molecule has 1 atom stereocenters. The van der Waals surface area contributed by atoms with E-state index < -0.39 is 0 Å². The number of carbonyl (C=O) groups excluding carboxylic acids is 1. The van der Waals surface area contributed by atoms with Crippen molar-refractivity contribution in [2.45, 2.75) is 13.0 Å². The Morgan fingerprint density at radius 3 is 2.90 bits per heavy atom. The van der Waals surface area contributed by atoms with Gasteiger partial charge in [0.05, 0.1) is 13.2 Å². The van der Waals surface area contributed by atoms with Crippen LogP contribution < -0.4 is 5.32 Å². The number of nitrogens with one attached hydrogen (secondary N) is 1. The predicted molar refractivity (Wildman–Crippen MR) is 76.8 cm³/mol. The molecule has 6 heteroatoms. The third kappa shape index (κ3) is 3.66. The highest BCUT2D eigenvalue weighted by Gasteiger charge is 2.16. The van der Waals surface area contributed by atoms with Crippen molar-refractivity contribution in [3.8, 4) is 0 Å². The highest BCUT2D eigenvalue weighted by atomic mass is 16.5. The van der Waals surface area contributed by atoms with Gasteiger partial charge in [-0.1, -0.05) is 12.1 Å². The number of hydrogen-bond donors (Lipinski definition) is 1. The van der Waals surface area contributed by atoms with Gasteiger partial charge in [0.15, 0.2) is 0 Å². The van der Waals surface area contributed by atoms with E-state index in [2.05, 4.69) is 15.4 Å². The Hall–Kier alpha value is -2.21. The summed E-state index contributed by atoms with van der Waals surface area (Å²) in [5.41, 5.74) is 1.76. The summed E-state index contributed by atoms with van der Waals surface area (Å²) in [6, 6.07) is 7.56. The molecule has 110 valence electrons. The molecule has 6 nitrogen and oxygen atoms in total. The molecule has 21 heavy (non-hydrogen) atoms. The Labute approximate surface area is 123 Å². The minimum Gasteiger partial charge on any atom is -0.381 e. The summed E-state index contributed by atoms with van der Waals surface area (Å²) in [4.78, 5) is 16.0. The van der Waals surface area contributed by atoms with Crippen LogP contribution in [0.5, 0.6) is 0 Å². The molecule has 2 aromatic rings. The van der Waals surface area contributed by atoms with Crippen molar-refractivity contribution in [2.24, 2.45) is 5.92 Å². The molecule has 1 aliphatic rings. The first-order valence-corrected chi connectivity index (χ1v) is 7.08. The first-order valence-electron chi connectivity index (χ1n) is 7.08. The number of nitrogens with zero attached hydrogens (tertiary/aromatic N) is 3. The van der Waals surface area contributed by atoms with Crippen molar-refractivity contribution in [3.05, 3.63) is 48.0 Å². The van der Waals surface area contributed by atoms with Gasteiger partial charge in [-0.3, -0.25) is 4.79 Å². The molecule has 2 heterocycles. The first kappa shape index (κ1) is 13.8. The van der Waals surface area contributed by atoms with E-state index in [4.69, 9.17) is 4.74 Å². The Balaban J connectivity index is 1.54. The molecule has 1 aliphatic heterocycles. The smallest absolute Gasteiger partial charge is 0.251 e. The lowest BCUT2D eigenvalue weighted by molar-refractivity contribution is 0.0945. The SMILES string of the molecule is O=C(NCC1CCOC1)c1ccc(Cn2cncn2)cc1. The fourth-order valence-electron chi connectivity index (χ4n) is 2.35. The lowest BCUT2D eigenvalue weighted by atomic mass is 10.1. The summed E-state index contributed by atoms with van der Waals surface area (Å²) in [7, 11) is 0. The van der Waals surface area contributed by atoms with Crippen LogP contribution in [-0.2, 0) is 11.3 Å². The zero-order valence-electron chi connectivity index (χ0n) is 11.7. The van der Waals surface area contributed by atoms with Crippen LogP contribution in [0.15, 0.2) is 36.9 Å². The Morgan fingerprint density at radius 2 is 2.24 bits per heavy atom. The molecule has 1 fully saturated rings. The van der Waals surface area contributed by atoms with E-state index in [-0.39, 0.29) is 5.91 Å².